The van der Waals surface area contributed by atoms with E-state index in [9.17, 15) is 14.0 Å². The first-order valence-electron chi connectivity index (χ1n) is 9.47. The summed E-state index contributed by atoms with van der Waals surface area (Å²) in [6, 6.07) is 5.93. The van der Waals surface area contributed by atoms with Crippen LogP contribution in [-0.2, 0) is 29.7 Å². The molecule has 0 saturated carbocycles. The number of halogens is 1. The lowest BCUT2D eigenvalue weighted by Gasteiger charge is -2.13. The number of amides is 2. The normalized spacial score (nSPS) is 10.9. The summed E-state index contributed by atoms with van der Waals surface area (Å²) in [4.78, 5) is 23.8. The van der Waals surface area contributed by atoms with E-state index in [1.165, 1.54) is 12.1 Å². The SMILES string of the molecule is CC(C)NC(=O)OCc1cn(C)c(-c2ccc(F)cc2)c1COC(=O)NC(C)C. The number of carbonyl (C=O) groups excluding carboxylic acids is 2. The van der Waals surface area contributed by atoms with Gasteiger partial charge in [0.25, 0.3) is 0 Å². The Kier molecular flexibility index (Phi) is 7.64. The number of hydrogen-bond acceptors (Lipinski definition) is 4. The Bertz CT molecular complexity index is 844. The van der Waals surface area contributed by atoms with Gasteiger partial charge < -0.3 is 24.7 Å². The molecule has 1 heterocycles. The predicted octanol–water partition coefficient (Wildman–Crippen LogP) is 4.10. The third kappa shape index (κ3) is 6.51. The number of carbonyl (C=O) groups is 2. The van der Waals surface area contributed by atoms with E-state index in [-0.39, 0.29) is 31.1 Å². The highest BCUT2D eigenvalue weighted by Crippen LogP contribution is 2.29. The third-order valence-electron chi connectivity index (χ3n) is 4.01. The first-order chi connectivity index (χ1) is 13.7. The summed E-state index contributed by atoms with van der Waals surface area (Å²) >= 11 is 0. The fourth-order valence-corrected chi connectivity index (χ4v) is 2.85. The molecule has 0 unspecified atom stereocenters. The van der Waals surface area contributed by atoms with E-state index in [0.29, 0.717) is 11.1 Å². The van der Waals surface area contributed by atoms with Crippen molar-refractivity contribution in [2.24, 2.45) is 7.05 Å². The fourth-order valence-electron chi connectivity index (χ4n) is 2.85. The molecule has 158 valence electrons. The Labute approximate surface area is 170 Å². The summed E-state index contributed by atoms with van der Waals surface area (Å²) < 4.78 is 25.8. The summed E-state index contributed by atoms with van der Waals surface area (Å²) in [7, 11) is 1.83. The second kappa shape index (κ2) is 9.95. The zero-order valence-corrected chi connectivity index (χ0v) is 17.4. The maximum Gasteiger partial charge on any atom is 0.407 e. The smallest absolute Gasteiger partial charge is 0.407 e. The van der Waals surface area contributed by atoms with Crippen LogP contribution in [0.5, 0.6) is 0 Å². The quantitative estimate of drug-likeness (QED) is 0.727. The van der Waals surface area contributed by atoms with Crippen LogP contribution in [0.2, 0.25) is 0 Å². The van der Waals surface area contributed by atoms with Crippen molar-refractivity contribution in [1.82, 2.24) is 15.2 Å². The first kappa shape index (κ1) is 22.3. The van der Waals surface area contributed by atoms with Crippen molar-refractivity contribution in [2.45, 2.75) is 53.0 Å². The minimum Gasteiger partial charge on any atom is -0.445 e. The van der Waals surface area contributed by atoms with Gasteiger partial charge in [-0.25, -0.2) is 14.0 Å². The van der Waals surface area contributed by atoms with Crippen molar-refractivity contribution in [1.29, 1.82) is 0 Å². The number of nitrogens with zero attached hydrogens (tertiary/aromatic N) is 1. The Morgan fingerprint density at radius 1 is 0.966 bits per heavy atom. The van der Waals surface area contributed by atoms with Crippen LogP contribution in [-0.4, -0.2) is 28.8 Å². The van der Waals surface area contributed by atoms with E-state index >= 15 is 0 Å². The summed E-state index contributed by atoms with van der Waals surface area (Å²) in [6.07, 6.45) is 0.732. The Morgan fingerprint density at radius 3 is 2.00 bits per heavy atom. The molecule has 2 aromatic rings. The summed E-state index contributed by atoms with van der Waals surface area (Å²) in [5.41, 5.74) is 2.90. The van der Waals surface area contributed by atoms with Crippen LogP contribution in [0.4, 0.5) is 14.0 Å². The average molecular weight is 405 g/mol. The minimum atomic E-state index is -0.543. The van der Waals surface area contributed by atoms with Gasteiger partial charge in [-0.1, -0.05) is 0 Å². The number of aromatic nitrogens is 1. The molecule has 0 saturated heterocycles. The number of alkyl carbamates (subject to hydrolysis) is 2. The minimum absolute atomic E-state index is 0.0120. The van der Waals surface area contributed by atoms with Gasteiger partial charge in [0.2, 0.25) is 0 Å². The van der Waals surface area contributed by atoms with E-state index < -0.39 is 12.2 Å². The standard InChI is InChI=1S/C21H28FN3O4/c1-13(2)23-20(26)28-11-16-10-25(5)19(15-6-8-17(22)9-7-15)18(16)12-29-21(27)24-14(3)4/h6-10,13-14H,11-12H2,1-5H3,(H,23,26)(H,24,27). The van der Waals surface area contributed by atoms with E-state index in [0.717, 1.165) is 11.3 Å². The molecule has 0 bridgehead atoms. The molecular weight excluding hydrogens is 377 g/mol. The van der Waals surface area contributed by atoms with Crippen molar-refractivity contribution in [3.63, 3.8) is 0 Å². The monoisotopic (exact) mass is 405 g/mol. The molecule has 0 aliphatic carbocycles. The topological polar surface area (TPSA) is 81.6 Å². The lowest BCUT2D eigenvalue weighted by molar-refractivity contribution is 0.129. The van der Waals surface area contributed by atoms with Crippen LogP contribution >= 0.6 is 0 Å². The Balaban J connectivity index is 2.29. The van der Waals surface area contributed by atoms with Gasteiger partial charge in [-0.05, 0) is 57.5 Å². The van der Waals surface area contributed by atoms with E-state index in [1.807, 2.05) is 39.3 Å². The number of ether oxygens (including phenoxy) is 2. The molecule has 8 heteroatoms. The van der Waals surface area contributed by atoms with Crippen LogP contribution < -0.4 is 10.6 Å². The molecule has 2 N–H and O–H groups in total. The molecule has 0 spiro atoms. The first-order valence-corrected chi connectivity index (χ1v) is 9.47. The van der Waals surface area contributed by atoms with E-state index in [1.54, 1.807) is 18.3 Å². The van der Waals surface area contributed by atoms with Crippen molar-refractivity contribution >= 4 is 12.2 Å². The lowest BCUT2D eigenvalue weighted by atomic mass is 10.1. The summed E-state index contributed by atoms with van der Waals surface area (Å²) in [5.74, 6) is -0.342. The van der Waals surface area contributed by atoms with Crippen molar-refractivity contribution < 1.29 is 23.5 Å². The number of hydrogen-bond donors (Lipinski definition) is 2. The van der Waals surface area contributed by atoms with Crippen molar-refractivity contribution in [3.8, 4) is 11.3 Å². The molecule has 2 amide bonds. The number of benzene rings is 1. The van der Waals surface area contributed by atoms with Gasteiger partial charge in [-0.3, -0.25) is 0 Å². The second-order valence-electron chi connectivity index (χ2n) is 7.35. The highest BCUT2D eigenvalue weighted by molar-refractivity contribution is 5.70. The van der Waals surface area contributed by atoms with Gasteiger partial charge in [-0.15, -0.1) is 0 Å². The largest absolute Gasteiger partial charge is 0.445 e. The summed E-state index contributed by atoms with van der Waals surface area (Å²) in [6.45, 7) is 7.33. The van der Waals surface area contributed by atoms with Crippen LogP contribution in [0.15, 0.2) is 30.5 Å². The third-order valence-corrected chi connectivity index (χ3v) is 4.01. The van der Waals surface area contributed by atoms with Gasteiger partial charge in [0.15, 0.2) is 0 Å². The van der Waals surface area contributed by atoms with E-state index in [4.69, 9.17) is 9.47 Å². The molecule has 0 radical (unpaired) electrons. The maximum absolute atomic E-state index is 13.3. The molecule has 0 atom stereocenters. The van der Waals surface area contributed by atoms with E-state index in [2.05, 4.69) is 10.6 Å². The molecular formula is C21H28FN3O4. The molecule has 0 aliphatic rings. The zero-order valence-electron chi connectivity index (χ0n) is 17.4. The average Bonchev–Trinajstić information content (AvgIpc) is 2.93. The molecule has 1 aromatic carbocycles. The number of rotatable bonds is 7. The van der Waals surface area contributed by atoms with Gasteiger partial charge in [0.1, 0.15) is 19.0 Å². The lowest BCUT2D eigenvalue weighted by Crippen LogP contribution is -2.31. The predicted molar refractivity (Wildman–Crippen MR) is 108 cm³/mol. The highest BCUT2D eigenvalue weighted by atomic mass is 19.1. The van der Waals surface area contributed by atoms with Gasteiger partial charge in [0, 0.05) is 36.5 Å². The fraction of sp³-hybridized carbons (Fsp3) is 0.429. The number of aryl methyl sites for hydroxylation is 1. The van der Waals surface area contributed by atoms with Crippen LogP contribution in [0, 0.1) is 5.82 Å². The van der Waals surface area contributed by atoms with Gasteiger partial charge in [0.05, 0.1) is 5.69 Å². The highest BCUT2D eigenvalue weighted by Gasteiger charge is 2.19. The number of nitrogens with one attached hydrogen (secondary N) is 2. The zero-order chi connectivity index (χ0) is 21.6. The molecule has 0 fully saturated rings. The van der Waals surface area contributed by atoms with Gasteiger partial charge in [-0.2, -0.15) is 0 Å². The second-order valence-corrected chi connectivity index (χ2v) is 7.35. The molecule has 2 rings (SSSR count). The van der Waals surface area contributed by atoms with Crippen LogP contribution in [0.1, 0.15) is 38.8 Å². The molecule has 29 heavy (non-hydrogen) atoms. The molecule has 0 aliphatic heterocycles. The Hall–Kier alpha value is -3.03. The summed E-state index contributed by atoms with van der Waals surface area (Å²) in [5, 5.41) is 5.32. The van der Waals surface area contributed by atoms with Crippen LogP contribution in [0.25, 0.3) is 11.3 Å². The molecule has 1 aromatic heterocycles. The van der Waals surface area contributed by atoms with Crippen molar-refractivity contribution in [2.75, 3.05) is 0 Å². The van der Waals surface area contributed by atoms with Crippen molar-refractivity contribution in [3.05, 3.63) is 47.4 Å². The Morgan fingerprint density at radius 2 is 1.48 bits per heavy atom. The maximum atomic E-state index is 13.3. The molecule has 7 nitrogen and oxygen atoms in total. The van der Waals surface area contributed by atoms with Crippen LogP contribution in [0.3, 0.4) is 0 Å². The van der Waals surface area contributed by atoms with Gasteiger partial charge >= 0.3 is 12.2 Å².